The predicted octanol–water partition coefficient (Wildman–Crippen LogP) is 1.33. The molecule has 6 nitrogen and oxygen atoms in total. The summed E-state index contributed by atoms with van der Waals surface area (Å²) >= 11 is 0. The van der Waals surface area contributed by atoms with Gasteiger partial charge in [-0.1, -0.05) is 6.92 Å². The topological polar surface area (TPSA) is 54.3 Å². The van der Waals surface area contributed by atoms with Crippen LogP contribution in [0.25, 0.3) is 0 Å². The zero-order valence-corrected chi connectivity index (χ0v) is 13.0. The van der Waals surface area contributed by atoms with Gasteiger partial charge in [0.25, 0.3) is 5.91 Å². The molecule has 3 heterocycles. The Kier molecular flexibility index (Phi) is 4.20. The first-order valence-electron chi connectivity index (χ1n) is 7.61. The van der Waals surface area contributed by atoms with E-state index in [4.69, 9.17) is 0 Å². The number of carbonyl (C=O) groups is 1. The third kappa shape index (κ3) is 2.74. The van der Waals surface area contributed by atoms with Crippen LogP contribution in [0.1, 0.15) is 29.1 Å². The van der Waals surface area contributed by atoms with E-state index in [-0.39, 0.29) is 11.9 Å². The summed E-state index contributed by atoms with van der Waals surface area (Å²) in [5.41, 5.74) is 0.693. The van der Waals surface area contributed by atoms with Gasteiger partial charge in [0.2, 0.25) is 0 Å². The second-order valence-electron chi connectivity index (χ2n) is 5.53. The van der Waals surface area contributed by atoms with Gasteiger partial charge < -0.3 is 9.47 Å². The second kappa shape index (κ2) is 6.27. The number of rotatable bonds is 3. The molecule has 0 aromatic carbocycles. The monoisotopic (exact) mass is 299 g/mol. The first kappa shape index (κ1) is 14.7. The van der Waals surface area contributed by atoms with Crippen molar-refractivity contribution in [3.63, 3.8) is 0 Å². The Labute approximate surface area is 130 Å². The third-order valence-electron chi connectivity index (χ3n) is 4.27. The number of hydrogen-bond donors (Lipinski definition) is 0. The molecular weight excluding hydrogens is 278 g/mol. The fourth-order valence-corrected chi connectivity index (χ4v) is 3.00. The molecule has 2 aromatic rings. The van der Waals surface area contributed by atoms with Gasteiger partial charge in [-0.2, -0.15) is 0 Å². The van der Waals surface area contributed by atoms with Crippen LogP contribution in [0.2, 0.25) is 0 Å². The molecule has 2 aromatic heterocycles. The van der Waals surface area contributed by atoms with Gasteiger partial charge in [-0.15, -0.1) is 0 Å². The van der Waals surface area contributed by atoms with E-state index in [1.165, 1.54) is 0 Å². The molecule has 1 fully saturated rings. The number of aryl methyl sites for hydroxylation is 1. The number of piperazine rings is 1. The quantitative estimate of drug-likeness (QED) is 0.858. The molecule has 0 bridgehead atoms. The zero-order valence-electron chi connectivity index (χ0n) is 13.0. The molecule has 0 N–H and O–H groups in total. The van der Waals surface area contributed by atoms with Crippen LogP contribution in [0, 0.1) is 0 Å². The molecule has 6 heteroatoms. The summed E-state index contributed by atoms with van der Waals surface area (Å²) in [7, 11) is 2.00. The normalized spacial score (nSPS) is 19.4. The zero-order chi connectivity index (χ0) is 15.5. The van der Waals surface area contributed by atoms with E-state index < -0.39 is 0 Å². The van der Waals surface area contributed by atoms with Crippen molar-refractivity contribution in [3.8, 4) is 0 Å². The summed E-state index contributed by atoms with van der Waals surface area (Å²) in [6, 6.07) is 3.68. The Hall–Kier alpha value is -2.21. The fraction of sp³-hybridized carbons (Fsp3) is 0.438. The Morgan fingerprint density at radius 1 is 1.27 bits per heavy atom. The Morgan fingerprint density at radius 3 is 2.68 bits per heavy atom. The van der Waals surface area contributed by atoms with E-state index in [1.807, 2.05) is 28.9 Å². The van der Waals surface area contributed by atoms with Crippen molar-refractivity contribution >= 4 is 5.91 Å². The van der Waals surface area contributed by atoms with Crippen LogP contribution in [0.4, 0.5) is 0 Å². The van der Waals surface area contributed by atoms with Gasteiger partial charge in [0.05, 0.1) is 6.04 Å². The Morgan fingerprint density at radius 2 is 2.05 bits per heavy atom. The molecule has 116 valence electrons. The molecule has 0 spiro atoms. The van der Waals surface area contributed by atoms with Crippen LogP contribution in [0.3, 0.4) is 0 Å². The summed E-state index contributed by atoms with van der Waals surface area (Å²) in [6.07, 6.45) is 7.08. The average molecular weight is 299 g/mol. The number of carbonyl (C=O) groups excluding carboxylic acids is 1. The third-order valence-corrected chi connectivity index (χ3v) is 4.27. The molecule has 22 heavy (non-hydrogen) atoms. The maximum absolute atomic E-state index is 12.6. The van der Waals surface area contributed by atoms with E-state index in [0.29, 0.717) is 12.1 Å². The number of amides is 1. The second-order valence-corrected chi connectivity index (χ2v) is 5.53. The maximum Gasteiger partial charge on any atom is 0.254 e. The summed E-state index contributed by atoms with van der Waals surface area (Å²) in [5, 5.41) is 0. The van der Waals surface area contributed by atoms with E-state index in [9.17, 15) is 4.79 Å². The Bertz CT molecular complexity index is 639. The minimum Gasteiger partial charge on any atom is -0.337 e. The number of likely N-dealkylation sites (N-methyl/N-ethyl adjacent to an activating group) is 1. The number of imidazole rings is 1. The van der Waals surface area contributed by atoms with Crippen LogP contribution >= 0.6 is 0 Å². The summed E-state index contributed by atoms with van der Waals surface area (Å²) < 4.78 is 2.04. The van der Waals surface area contributed by atoms with Crippen molar-refractivity contribution in [1.29, 1.82) is 0 Å². The van der Waals surface area contributed by atoms with Crippen molar-refractivity contribution < 1.29 is 4.79 Å². The van der Waals surface area contributed by atoms with Crippen LogP contribution in [-0.2, 0) is 7.05 Å². The lowest BCUT2D eigenvalue weighted by atomic mass is 10.1. The molecule has 1 aliphatic heterocycles. The fourth-order valence-electron chi connectivity index (χ4n) is 3.00. The highest BCUT2D eigenvalue weighted by atomic mass is 16.2. The van der Waals surface area contributed by atoms with Crippen LogP contribution in [0.5, 0.6) is 0 Å². The molecule has 1 saturated heterocycles. The van der Waals surface area contributed by atoms with Gasteiger partial charge in [-0.25, -0.2) is 4.98 Å². The molecule has 0 radical (unpaired) electrons. The summed E-state index contributed by atoms with van der Waals surface area (Å²) in [6.45, 7) is 5.38. The Balaban J connectivity index is 1.82. The van der Waals surface area contributed by atoms with Crippen LogP contribution < -0.4 is 0 Å². The van der Waals surface area contributed by atoms with Gasteiger partial charge in [0.15, 0.2) is 0 Å². The number of pyridine rings is 1. The summed E-state index contributed by atoms with van der Waals surface area (Å²) in [4.78, 5) is 25.4. The molecule has 1 atom stereocenters. The SMILES string of the molecule is CCN1CCN(C(=O)c2ccncc2)C[C@@H]1c1nccn1C. The summed E-state index contributed by atoms with van der Waals surface area (Å²) in [5.74, 6) is 1.08. The number of aromatic nitrogens is 3. The maximum atomic E-state index is 12.6. The van der Waals surface area contributed by atoms with Gasteiger partial charge >= 0.3 is 0 Å². The lowest BCUT2D eigenvalue weighted by molar-refractivity contribution is 0.0472. The lowest BCUT2D eigenvalue weighted by Crippen LogP contribution is -2.50. The standard InChI is InChI=1S/C16H21N5O/c1-3-20-10-11-21(16(22)13-4-6-17-7-5-13)12-14(20)15-18-8-9-19(15)2/h4-9,14H,3,10-12H2,1-2H3/t14-/m1/s1. The van der Waals surface area contributed by atoms with E-state index in [2.05, 4.69) is 21.8 Å². The number of nitrogens with zero attached hydrogens (tertiary/aromatic N) is 5. The van der Waals surface area contributed by atoms with Crippen molar-refractivity contribution in [2.24, 2.45) is 7.05 Å². The van der Waals surface area contributed by atoms with Crippen molar-refractivity contribution in [2.75, 3.05) is 26.2 Å². The van der Waals surface area contributed by atoms with Crippen molar-refractivity contribution in [1.82, 2.24) is 24.3 Å². The van der Waals surface area contributed by atoms with Crippen LogP contribution in [-0.4, -0.2) is 56.4 Å². The molecule has 1 aliphatic rings. The smallest absolute Gasteiger partial charge is 0.254 e. The van der Waals surface area contributed by atoms with E-state index >= 15 is 0 Å². The first-order valence-corrected chi connectivity index (χ1v) is 7.61. The molecule has 0 unspecified atom stereocenters. The molecule has 3 rings (SSSR count). The minimum atomic E-state index is 0.0670. The van der Waals surface area contributed by atoms with E-state index in [1.54, 1.807) is 24.5 Å². The largest absolute Gasteiger partial charge is 0.337 e. The van der Waals surface area contributed by atoms with Gasteiger partial charge in [0, 0.05) is 57.0 Å². The van der Waals surface area contributed by atoms with Gasteiger partial charge in [0.1, 0.15) is 5.82 Å². The molecular formula is C16H21N5O. The van der Waals surface area contributed by atoms with Crippen LogP contribution in [0.15, 0.2) is 36.9 Å². The molecule has 0 aliphatic carbocycles. The van der Waals surface area contributed by atoms with Crippen molar-refractivity contribution in [3.05, 3.63) is 48.3 Å². The minimum absolute atomic E-state index is 0.0670. The lowest BCUT2D eigenvalue weighted by Gasteiger charge is -2.40. The van der Waals surface area contributed by atoms with Crippen molar-refractivity contribution in [2.45, 2.75) is 13.0 Å². The first-order chi connectivity index (χ1) is 10.7. The molecule has 0 saturated carbocycles. The van der Waals surface area contributed by atoms with Gasteiger partial charge in [-0.05, 0) is 18.7 Å². The predicted molar refractivity (Wildman–Crippen MR) is 83.3 cm³/mol. The highest BCUT2D eigenvalue weighted by Crippen LogP contribution is 2.24. The highest BCUT2D eigenvalue weighted by molar-refractivity contribution is 5.94. The number of hydrogen-bond acceptors (Lipinski definition) is 4. The van der Waals surface area contributed by atoms with Gasteiger partial charge in [-0.3, -0.25) is 14.7 Å². The molecule has 1 amide bonds. The average Bonchev–Trinajstić information content (AvgIpc) is 3.00. The highest BCUT2D eigenvalue weighted by Gasteiger charge is 2.32. The van der Waals surface area contributed by atoms with E-state index in [0.717, 1.165) is 25.5 Å².